The van der Waals surface area contributed by atoms with Crippen LogP contribution in [0.4, 0.5) is 10.5 Å². The van der Waals surface area contributed by atoms with E-state index in [1.165, 1.54) is 0 Å². The second kappa shape index (κ2) is 8.38. The molecule has 2 N–H and O–H groups in total. The van der Waals surface area contributed by atoms with Gasteiger partial charge in [-0.05, 0) is 60.9 Å². The van der Waals surface area contributed by atoms with Gasteiger partial charge in [0, 0.05) is 31.2 Å². The topological polar surface area (TPSA) is 70.7 Å². The molecule has 2 aliphatic carbocycles. The zero-order valence-electron chi connectivity index (χ0n) is 17.6. The van der Waals surface area contributed by atoms with E-state index in [2.05, 4.69) is 10.6 Å². The van der Waals surface area contributed by atoms with Gasteiger partial charge < -0.3 is 20.3 Å². The number of nitrogens with one attached hydrogen (secondary N) is 2. The van der Waals surface area contributed by atoms with E-state index in [-0.39, 0.29) is 29.3 Å². The molecule has 2 aromatic rings. The van der Waals surface area contributed by atoms with Crippen LogP contribution in [0.3, 0.4) is 0 Å². The van der Waals surface area contributed by atoms with Crippen molar-refractivity contribution in [3.63, 3.8) is 0 Å². The molecule has 0 aromatic heterocycles. The number of para-hydroxylation sites is 1. The van der Waals surface area contributed by atoms with E-state index >= 15 is 0 Å². The van der Waals surface area contributed by atoms with Crippen molar-refractivity contribution in [3.8, 4) is 5.75 Å². The summed E-state index contributed by atoms with van der Waals surface area (Å²) in [5.41, 5.74) is 2.20. The van der Waals surface area contributed by atoms with Gasteiger partial charge in [-0.1, -0.05) is 30.3 Å². The van der Waals surface area contributed by atoms with E-state index in [9.17, 15) is 9.59 Å². The number of methoxy groups -OCH3 is 1. The monoisotopic (exact) mass is 407 g/mol. The summed E-state index contributed by atoms with van der Waals surface area (Å²) in [6.07, 6.45) is 3.77. The molecular formula is C24H29N3O3. The minimum Gasteiger partial charge on any atom is -0.497 e. The van der Waals surface area contributed by atoms with Crippen molar-refractivity contribution < 1.29 is 14.3 Å². The van der Waals surface area contributed by atoms with Gasteiger partial charge in [0.25, 0.3) is 0 Å². The van der Waals surface area contributed by atoms with E-state index in [0.29, 0.717) is 6.54 Å². The fourth-order valence-corrected chi connectivity index (χ4v) is 4.80. The van der Waals surface area contributed by atoms with Crippen molar-refractivity contribution >= 4 is 17.6 Å². The molecule has 0 unspecified atom stereocenters. The molecular weight excluding hydrogens is 378 g/mol. The van der Waals surface area contributed by atoms with Gasteiger partial charge in [-0.15, -0.1) is 0 Å². The van der Waals surface area contributed by atoms with Gasteiger partial charge in [-0.2, -0.15) is 0 Å². The summed E-state index contributed by atoms with van der Waals surface area (Å²) in [5.74, 6) is 1.09. The first-order valence-electron chi connectivity index (χ1n) is 10.5. The standard InChI is InChI=1S/C24H29N3O3/c1-27(20-6-4-3-5-7-20)22(28)18-12-24(13-18)14-19(15-24)26-23(29)25-16-17-8-10-21(30-2)11-9-17/h3-11,18-19H,12-16H2,1-2H3,(H2,25,26,29). The molecule has 2 aliphatic rings. The lowest BCUT2D eigenvalue weighted by atomic mass is 9.50. The van der Waals surface area contributed by atoms with E-state index in [1.54, 1.807) is 12.0 Å². The van der Waals surface area contributed by atoms with Gasteiger partial charge in [-0.3, -0.25) is 4.79 Å². The van der Waals surface area contributed by atoms with Crippen molar-refractivity contribution in [2.75, 3.05) is 19.1 Å². The van der Waals surface area contributed by atoms with Crippen LogP contribution in [-0.4, -0.2) is 32.1 Å². The van der Waals surface area contributed by atoms with Crippen molar-refractivity contribution in [2.45, 2.75) is 38.3 Å². The van der Waals surface area contributed by atoms with Crippen LogP contribution in [0.2, 0.25) is 0 Å². The van der Waals surface area contributed by atoms with E-state index in [4.69, 9.17) is 4.74 Å². The maximum atomic E-state index is 12.7. The normalized spacial score (nSPS) is 24.3. The second-order valence-corrected chi connectivity index (χ2v) is 8.62. The van der Waals surface area contributed by atoms with Crippen LogP contribution in [0.15, 0.2) is 54.6 Å². The lowest BCUT2D eigenvalue weighted by molar-refractivity contribution is -0.135. The van der Waals surface area contributed by atoms with Crippen LogP contribution < -0.4 is 20.3 Å². The number of hydrogen-bond acceptors (Lipinski definition) is 3. The zero-order valence-corrected chi connectivity index (χ0v) is 17.6. The smallest absolute Gasteiger partial charge is 0.315 e. The Bertz CT molecular complexity index is 884. The molecule has 0 radical (unpaired) electrons. The van der Waals surface area contributed by atoms with E-state index in [0.717, 1.165) is 42.7 Å². The number of carbonyl (C=O) groups is 2. The first-order chi connectivity index (χ1) is 14.5. The highest BCUT2D eigenvalue weighted by atomic mass is 16.5. The Morgan fingerprint density at radius 3 is 2.33 bits per heavy atom. The highest BCUT2D eigenvalue weighted by Crippen LogP contribution is 2.59. The Balaban J connectivity index is 1.17. The average Bonchev–Trinajstić information content (AvgIpc) is 2.73. The van der Waals surface area contributed by atoms with Crippen molar-refractivity contribution in [3.05, 3.63) is 60.2 Å². The maximum Gasteiger partial charge on any atom is 0.315 e. The van der Waals surface area contributed by atoms with Gasteiger partial charge >= 0.3 is 6.03 Å². The van der Waals surface area contributed by atoms with Gasteiger partial charge in [0.05, 0.1) is 7.11 Å². The Labute approximate surface area is 177 Å². The number of amides is 3. The lowest BCUT2D eigenvalue weighted by Gasteiger charge is -2.57. The number of anilines is 1. The maximum absolute atomic E-state index is 12.7. The fourth-order valence-electron chi connectivity index (χ4n) is 4.80. The summed E-state index contributed by atoms with van der Waals surface area (Å²) in [6, 6.07) is 17.5. The Kier molecular flexibility index (Phi) is 5.66. The Morgan fingerprint density at radius 1 is 1.03 bits per heavy atom. The van der Waals surface area contributed by atoms with Gasteiger partial charge in [-0.25, -0.2) is 4.79 Å². The van der Waals surface area contributed by atoms with Crippen LogP contribution in [0.5, 0.6) is 5.75 Å². The summed E-state index contributed by atoms with van der Waals surface area (Å²) >= 11 is 0. The molecule has 158 valence electrons. The average molecular weight is 408 g/mol. The van der Waals surface area contributed by atoms with Crippen molar-refractivity contribution in [2.24, 2.45) is 11.3 Å². The Morgan fingerprint density at radius 2 is 1.70 bits per heavy atom. The minimum atomic E-state index is -0.138. The third-order valence-electron chi connectivity index (χ3n) is 6.49. The summed E-state index contributed by atoms with van der Waals surface area (Å²) in [5, 5.41) is 5.96. The molecule has 4 rings (SSSR count). The van der Waals surface area contributed by atoms with Crippen LogP contribution in [0.1, 0.15) is 31.2 Å². The number of ether oxygens (including phenoxy) is 1. The number of benzene rings is 2. The van der Waals surface area contributed by atoms with Gasteiger partial charge in [0.2, 0.25) is 5.91 Å². The first-order valence-corrected chi connectivity index (χ1v) is 10.5. The number of rotatable bonds is 6. The lowest BCUT2D eigenvalue weighted by Crippen LogP contribution is -2.59. The number of carbonyl (C=O) groups excluding carboxylic acids is 2. The van der Waals surface area contributed by atoms with Crippen molar-refractivity contribution in [1.29, 1.82) is 0 Å². The molecule has 0 heterocycles. The molecule has 3 amide bonds. The highest BCUT2D eigenvalue weighted by Gasteiger charge is 2.55. The van der Waals surface area contributed by atoms with Gasteiger partial charge in [0.15, 0.2) is 0 Å². The van der Waals surface area contributed by atoms with E-state index < -0.39 is 0 Å². The van der Waals surface area contributed by atoms with Crippen LogP contribution in [0, 0.1) is 11.3 Å². The molecule has 0 saturated heterocycles. The fraction of sp³-hybridized carbons (Fsp3) is 0.417. The molecule has 0 aliphatic heterocycles. The zero-order chi connectivity index (χ0) is 21.1. The quantitative estimate of drug-likeness (QED) is 0.767. The number of urea groups is 1. The molecule has 2 saturated carbocycles. The summed E-state index contributed by atoms with van der Waals surface area (Å²) in [4.78, 5) is 26.6. The minimum absolute atomic E-state index is 0.0973. The SMILES string of the molecule is COc1ccc(CNC(=O)NC2CC3(C2)CC(C(=O)N(C)c2ccccc2)C3)cc1. The second-order valence-electron chi connectivity index (χ2n) is 8.62. The predicted molar refractivity (Wildman–Crippen MR) is 116 cm³/mol. The molecule has 6 nitrogen and oxygen atoms in total. The molecule has 0 atom stereocenters. The molecule has 2 aromatic carbocycles. The highest BCUT2D eigenvalue weighted by molar-refractivity contribution is 5.95. The molecule has 30 heavy (non-hydrogen) atoms. The Hall–Kier alpha value is -3.02. The summed E-state index contributed by atoms with van der Waals surface area (Å²) in [6.45, 7) is 0.482. The molecule has 6 heteroatoms. The van der Waals surface area contributed by atoms with Crippen LogP contribution in [-0.2, 0) is 11.3 Å². The summed E-state index contributed by atoms with van der Waals surface area (Å²) < 4.78 is 5.14. The third-order valence-corrected chi connectivity index (χ3v) is 6.49. The largest absolute Gasteiger partial charge is 0.497 e. The predicted octanol–water partition coefficient (Wildman–Crippen LogP) is 3.72. The van der Waals surface area contributed by atoms with E-state index in [1.807, 2.05) is 61.6 Å². The molecule has 1 spiro atoms. The third kappa shape index (κ3) is 4.27. The summed E-state index contributed by atoms with van der Waals surface area (Å²) in [7, 11) is 3.48. The first kappa shape index (κ1) is 20.3. The number of hydrogen-bond donors (Lipinski definition) is 2. The van der Waals surface area contributed by atoms with Crippen LogP contribution in [0.25, 0.3) is 0 Å². The van der Waals surface area contributed by atoms with Gasteiger partial charge in [0.1, 0.15) is 5.75 Å². The number of nitrogens with zero attached hydrogens (tertiary/aromatic N) is 1. The molecule has 0 bridgehead atoms. The van der Waals surface area contributed by atoms with Crippen LogP contribution >= 0.6 is 0 Å². The van der Waals surface area contributed by atoms with Crippen molar-refractivity contribution in [1.82, 2.24) is 10.6 Å². The molecule has 2 fully saturated rings.